The van der Waals surface area contributed by atoms with Crippen LogP contribution in [0.4, 0.5) is 0 Å². The molecule has 0 atom stereocenters. The van der Waals surface area contributed by atoms with Crippen molar-refractivity contribution in [3.63, 3.8) is 0 Å². The lowest BCUT2D eigenvalue weighted by Crippen LogP contribution is -2.50. The molecule has 1 heterocycles. The van der Waals surface area contributed by atoms with E-state index in [1.807, 2.05) is 0 Å². The third-order valence-electron chi connectivity index (χ3n) is 3.37. The lowest BCUT2D eigenvalue weighted by Gasteiger charge is -2.34. The van der Waals surface area contributed by atoms with E-state index in [1.165, 1.54) is 13.8 Å². The molecule has 1 saturated heterocycles. The molecule has 0 N–H and O–H groups in total. The average molecular weight is 282 g/mol. The first-order chi connectivity index (χ1) is 9.40. The SMILES string of the molecule is CC(=O)CCC(=O)N1CCN(C(=O)CCC(C)=O)CC1. The molecule has 0 aliphatic carbocycles. The van der Waals surface area contributed by atoms with Crippen LogP contribution < -0.4 is 0 Å². The Hall–Kier alpha value is -1.72. The molecule has 1 fully saturated rings. The monoisotopic (exact) mass is 282 g/mol. The number of carbonyl (C=O) groups excluding carboxylic acids is 4. The summed E-state index contributed by atoms with van der Waals surface area (Å²) < 4.78 is 0. The van der Waals surface area contributed by atoms with Gasteiger partial charge >= 0.3 is 0 Å². The molecular formula is C14H22N2O4. The number of hydrogen-bond acceptors (Lipinski definition) is 4. The zero-order chi connectivity index (χ0) is 15.1. The van der Waals surface area contributed by atoms with Gasteiger partial charge in [-0.3, -0.25) is 9.59 Å². The van der Waals surface area contributed by atoms with Crippen molar-refractivity contribution in [2.75, 3.05) is 26.2 Å². The topological polar surface area (TPSA) is 74.8 Å². The summed E-state index contributed by atoms with van der Waals surface area (Å²) in [5.41, 5.74) is 0. The van der Waals surface area contributed by atoms with Crippen molar-refractivity contribution in [2.45, 2.75) is 39.5 Å². The van der Waals surface area contributed by atoms with Crippen LogP contribution in [-0.4, -0.2) is 59.4 Å². The highest BCUT2D eigenvalue weighted by atomic mass is 16.2. The predicted octanol–water partition coefficient (Wildman–Crippen LogP) is 0.396. The van der Waals surface area contributed by atoms with E-state index < -0.39 is 0 Å². The molecule has 0 radical (unpaired) electrons. The van der Waals surface area contributed by atoms with Crippen LogP contribution in [0, 0.1) is 0 Å². The molecule has 0 aromatic heterocycles. The molecule has 0 aromatic rings. The van der Waals surface area contributed by atoms with E-state index in [0.29, 0.717) is 26.2 Å². The summed E-state index contributed by atoms with van der Waals surface area (Å²) in [5, 5.41) is 0. The van der Waals surface area contributed by atoms with E-state index in [9.17, 15) is 19.2 Å². The van der Waals surface area contributed by atoms with Crippen LogP contribution >= 0.6 is 0 Å². The number of amides is 2. The van der Waals surface area contributed by atoms with Crippen LogP contribution in [0.15, 0.2) is 0 Å². The zero-order valence-electron chi connectivity index (χ0n) is 12.2. The highest BCUT2D eigenvalue weighted by molar-refractivity contribution is 5.85. The number of piperazine rings is 1. The summed E-state index contributed by atoms with van der Waals surface area (Å²) in [6, 6.07) is 0. The van der Waals surface area contributed by atoms with Gasteiger partial charge in [-0.25, -0.2) is 0 Å². The second-order valence-corrected chi connectivity index (χ2v) is 5.17. The first-order valence-electron chi connectivity index (χ1n) is 6.94. The normalized spacial score (nSPS) is 15.1. The molecule has 20 heavy (non-hydrogen) atoms. The van der Waals surface area contributed by atoms with Crippen LogP contribution in [0.25, 0.3) is 0 Å². The molecule has 1 aliphatic rings. The number of carbonyl (C=O) groups is 4. The van der Waals surface area contributed by atoms with Gasteiger partial charge in [0, 0.05) is 51.9 Å². The minimum absolute atomic E-state index is 0.0106. The number of ketones is 2. The maximum absolute atomic E-state index is 11.8. The highest BCUT2D eigenvalue weighted by Crippen LogP contribution is 2.08. The first kappa shape index (κ1) is 16.3. The van der Waals surface area contributed by atoms with Crippen LogP contribution in [0.1, 0.15) is 39.5 Å². The van der Waals surface area contributed by atoms with Gasteiger partial charge in [0.15, 0.2) is 0 Å². The summed E-state index contributed by atoms with van der Waals surface area (Å²) >= 11 is 0. The van der Waals surface area contributed by atoms with Gasteiger partial charge in [0.25, 0.3) is 0 Å². The fraction of sp³-hybridized carbons (Fsp3) is 0.714. The number of nitrogens with zero attached hydrogens (tertiary/aromatic N) is 2. The second-order valence-electron chi connectivity index (χ2n) is 5.17. The standard InChI is InChI=1S/C14H22N2O4/c1-11(17)3-5-13(19)15-7-9-16(10-8-15)14(20)6-4-12(2)18/h3-10H2,1-2H3. The molecule has 1 aliphatic heterocycles. The minimum Gasteiger partial charge on any atom is -0.339 e. The molecule has 0 aromatic carbocycles. The molecular weight excluding hydrogens is 260 g/mol. The van der Waals surface area contributed by atoms with Crippen molar-refractivity contribution in [1.29, 1.82) is 0 Å². The van der Waals surface area contributed by atoms with E-state index in [1.54, 1.807) is 9.80 Å². The summed E-state index contributed by atoms with van der Waals surface area (Å²) in [6.45, 7) is 4.95. The third-order valence-corrected chi connectivity index (χ3v) is 3.37. The van der Waals surface area contributed by atoms with Gasteiger partial charge in [0.2, 0.25) is 11.8 Å². The van der Waals surface area contributed by atoms with Gasteiger partial charge in [-0.05, 0) is 13.8 Å². The maximum Gasteiger partial charge on any atom is 0.223 e. The van der Waals surface area contributed by atoms with E-state index in [4.69, 9.17) is 0 Å². The average Bonchev–Trinajstić information content (AvgIpc) is 2.42. The fourth-order valence-corrected chi connectivity index (χ4v) is 2.09. The third kappa shape index (κ3) is 5.50. The molecule has 0 bridgehead atoms. The largest absolute Gasteiger partial charge is 0.339 e. The van der Waals surface area contributed by atoms with Gasteiger partial charge in [0.05, 0.1) is 0 Å². The number of hydrogen-bond donors (Lipinski definition) is 0. The Balaban J connectivity index is 2.32. The Morgan fingerprint density at radius 1 is 0.650 bits per heavy atom. The van der Waals surface area contributed by atoms with Crippen LogP contribution in [0.5, 0.6) is 0 Å². The van der Waals surface area contributed by atoms with Crippen molar-refractivity contribution in [2.24, 2.45) is 0 Å². The van der Waals surface area contributed by atoms with E-state index in [0.717, 1.165) is 0 Å². The molecule has 6 heteroatoms. The van der Waals surface area contributed by atoms with Crippen LogP contribution in [0.3, 0.4) is 0 Å². The Kier molecular flexibility index (Phi) is 6.35. The fourth-order valence-electron chi connectivity index (χ4n) is 2.09. The predicted molar refractivity (Wildman–Crippen MR) is 73.0 cm³/mol. The lowest BCUT2D eigenvalue weighted by molar-refractivity contribution is -0.140. The van der Waals surface area contributed by atoms with Gasteiger partial charge in [0.1, 0.15) is 11.6 Å². The Morgan fingerprint density at radius 3 is 1.20 bits per heavy atom. The van der Waals surface area contributed by atoms with E-state index in [-0.39, 0.29) is 49.1 Å². The van der Waals surface area contributed by atoms with Crippen molar-refractivity contribution < 1.29 is 19.2 Å². The molecule has 0 saturated carbocycles. The second kappa shape index (κ2) is 7.77. The minimum atomic E-state index is -0.0314. The number of Topliss-reactive ketones (excluding diaryl/α,β-unsaturated/α-hetero) is 2. The summed E-state index contributed by atoms with van der Waals surface area (Å²) in [4.78, 5) is 48.7. The van der Waals surface area contributed by atoms with E-state index >= 15 is 0 Å². The van der Waals surface area contributed by atoms with E-state index in [2.05, 4.69) is 0 Å². The first-order valence-corrected chi connectivity index (χ1v) is 6.94. The Bertz CT molecular complexity index is 360. The zero-order valence-corrected chi connectivity index (χ0v) is 12.2. The molecule has 6 nitrogen and oxygen atoms in total. The van der Waals surface area contributed by atoms with Crippen LogP contribution in [0.2, 0.25) is 0 Å². The van der Waals surface area contributed by atoms with Crippen LogP contribution in [-0.2, 0) is 19.2 Å². The maximum atomic E-state index is 11.8. The van der Waals surface area contributed by atoms with Crippen molar-refractivity contribution in [3.8, 4) is 0 Å². The van der Waals surface area contributed by atoms with Crippen molar-refractivity contribution >= 4 is 23.4 Å². The lowest BCUT2D eigenvalue weighted by atomic mass is 10.2. The van der Waals surface area contributed by atoms with Crippen molar-refractivity contribution in [1.82, 2.24) is 9.80 Å². The molecule has 0 spiro atoms. The summed E-state index contributed by atoms with van der Waals surface area (Å²) in [7, 11) is 0. The summed E-state index contributed by atoms with van der Waals surface area (Å²) in [6.07, 6.45) is 1.04. The summed E-state index contributed by atoms with van der Waals surface area (Å²) in [5.74, 6) is -0.0418. The molecule has 0 unspecified atom stereocenters. The van der Waals surface area contributed by atoms with Gasteiger partial charge in [-0.15, -0.1) is 0 Å². The quantitative estimate of drug-likeness (QED) is 0.706. The highest BCUT2D eigenvalue weighted by Gasteiger charge is 2.23. The van der Waals surface area contributed by atoms with Gasteiger partial charge < -0.3 is 19.4 Å². The Morgan fingerprint density at radius 2 is 0.950 bits per heavy atom. The smallest absolute Gasteiger partial charge is 0.223 e. The van der Waals surface area contributed by atoms with Gasteiger partial charge in [-0.2, -0.15) is 0 Å². The molecule has 1 rings (SSSR count). The molecule has 112 valence electrons. The van der Waals surface area contributed by atoms with Gasteiger partial charge in [-0.1, -0.05) is 0 Å². The number of rotatable bonds is 6. The molecule has 2 amide bonds. The Labute approximate surface area is 119 Å². The van der Waals surface area contributed by atoms with Crippen molar-refractivity contribution in [3.05, 3.63) is 0 Å².